The Morgan fingerprint density at radius 1 is 0.393 bits per heavy atom. The lowest BCUT2D eigenvalue weighted by Crippen LogP contribution is -2.63. The van der Waals surface area contributed by atoms with Crippen LogP contribution >= 0.6 is 23.5 Å². The van der Waals surface area contributed by atoms with Gasteiger partial charge in [-0.15, -0.1) is 0 Å². The van der Waals surface area contributed by atoms with Crippen LogP contribution in [-0.2, 0) is 94.3 Å². The van der Waals surface area contributed by atoms with Crippen molar-refractivity contribution in [3.8, 4) is 5.75 Å². The van der Waals surface area contributed by atoms with Crippen molar-refractivity contribution in [1.29, 1.82) is 0 Å². The van der Waals surface area contributed by atoms with Gasteiger partial charge in [-0.1, -0.05) is 62.7 Å². The van der Waals surface area contributed by atoms with Crippen LogP contribution < -0.4 is 91.6 Å². The summed E-state index contributed by atoms with van der Waals surface area (Å²) in [6.45, 7) is 2.12. The number of benzene rings is 2. The molecule has 2 rings (SSSR count). The highest BCUT2D eigenvalue weighted by molar-refractivity contribution is 7.98. The summed E-state index contributed by atoms with van der Waals surface area (Å²) in [6, 6.07) is -13.1. The molecule has 29 N–H and O–H groups in total. The number of primary amides is 1. The molecule has 0 aliphatic heterocycles. The maximum Gasteiger partial charge on any atom is 0.325 e. The number of thioether (sulfide) groups is 2. The van der Waals surface area contributed by atoms with Crippen molar-refractivity contribution >= 4 is 124 Å². The second-order valence-corrected chi connectivity index (χ2v) is 29.6. The molecular weight excluding hydrogens is 1580 g/mol. The number of nitrogens with two attached hydrogens (primary N) is 3. The molecule has 0 bridgehead atoms. The Morgan fingerprint density at radius 2 is 0.726 bits per heavy atom. The Morgan fingerprint density at radius 3 is 1.10 bits per heavy atom. The van der Waals surface area contributed by atoms with E-state index in [4.69, 9.17) is 17.2 Å². The lowest BCUT2D eigenvalue weighted by Gasteiger charge is -2.29. The van der Waals surface area contributed by atoms with E-state index in [0.29, 0.717) is 24.9 Å². The molecule has 2 aromatic carbocycles. The third-order valence-electron chi connectivity index (χ3n) is 17.5. The van der Waals surface area contributed by atoms with E-state index >= 15 is 0 Å². The molecule has 117 heavy (non-hydrogen) atoms. The first-order valence-corrected chi connectivity index (χ1v) is 40.0. The SMILES string of the molecule is CSCC[C@H](NC(=O)[C@H](CC(N)=O)NC(=O)[C@H](CO)NC(=O)[C@H](Cc1ccc(O)cc1)NC(=O)[C@H](Cc1ccccc1)NC(=O)[C@H](CO)NC(=O)[C@H](CO)NC(=O)[C@H](CO)NC(=O)[C@H](CCC(=O)O)NC(=O)[C@@H](NC(=O)[C@H](CCSC)NC(=O)[C@@H](NC(=O)[C@@H](N)CCCCN)[C@@H](C)O)[C@@H](C)O)C(=O)N[C@@H](CC(C)C)C(=O)N[C@@H](C)C(=O)O. The highest BCUT2D eigenvalue weighted by Gasteiger charge is 2.40. The minimum Gasteiger partial charge on any atom is -0.508 e. The molecule has 2 aromatic rings. The number of carboxylic acid groups (broad SMARTS) is 2. The first kappa shape index (κ1) is 103. The van der Waals surface area contributed by atoms with Crippen LogP contribution in [0.15, 0.2) is 54.6 Å². The molecule has 654 valence electrons. The molecule has 0 aliphatic rings. The molecule has 15 amide bonds. The number of carbonyl (C=O) groups excluding carboxylic acids is 15. The van der Waals surface area contributed by atoms with Gasteiger partial charge in [0.2, 0.25) is 88.6 Å². The Balaban J connectivity index is 2.45. The number of aliphatic carboxylic acids is 2. The Bertz CT molecular complexity index is 3650. The number of hydrogen-bond donors (Lipinski definition) is 26. The van der Waals surface area contributed by atoms with Crippen molar-refractivity contribution in [1.82, 2.24) is 74.4 Å². The van der Waals surface area contributed by atoms with Crippen molar-refractivity contribution in [2.75, 3.05) is 57.0 Å². The van der Waals surface area contributed by atoms with Crippen LogP contribution in [0.1, 0.15) is 104 Å². The maximum absolute atomic E-state index is 14.7. The normalized spacial score (nSPS) is 15.5. The van der Waals surface area contributed by atoms with Crippen LogP contribution in [0.4, 0.5) is 0 Å². The van der Waals surface area contributed by atoms with E-state index < -0.39 is 262 Å². The third-order valence-corrected chi connectivity index (χ3v) is 18.8. The summed E-state index contributed by atoms with van der Waals surface area (Å²) in [5, 5.41) is 124. The summed E-state index contributed by atoms with van der Waals surface area (Å²) >= 11 is 2.49. The Kier molecular flexibility index (Phi) is 47.2. The summed E-state index contributed by atoms with van der Waals surface area (Å²) in [4.78, 5) is 230. The fourth-order valence-corrected chi connectivity index (χ4v) is 11.8. The summed E-state index contributed by atoms with van der Waals surface area (Å²) in [7, 11) is 0. The molecule has 0 heterocycles. The first-order chi connectivity index (χ1) is 55.2. The minimum absolute atomic E-state index is 0.0247. The van der Waals surface area contributed by atoms with Crippen molar-refractivity contribution in [2.24, 2.45) is 23.1 Å². The second-order valence-electron chi connectivity index (χ2n) is 27.7. The predicted octanol–water partition coefficient (Wildman–Crippen LogP) is -9.45. The van der Waals surface area contributed by atoms with Crippen LogP contribution in [0.25, 0.3) is 0 Å². The van der Waals surface area contributed by atoms with E-state index in [1.165, 1.54) is 73.8 Å². The largest absolute Gasteiger partial charge is 0.508 e. The smallest absolute Gasteiger partial charge is 0.325 e. The lowest BCUT2D eigenvalue weighted by atomic mass is 10.0. The van der Waals surface area contributed by atoms with Gasteiger partial charge in [0.05, 0.1) is 51.1 Å². The van der Waals surface area contributed by atoms with Gasteiger partial charge < -0.3 is 138 Å². The van der Waals surface area contributed by atoms with Crippen molar-refractivity contribution < 1.29 is 127 Å². The molecule has 45 heteroatoms. The molecule has 0 spiro atoms. The van der Waals surface area contributed by atoms with Crippen LogP contribution in [0.2, 0.25) is 0 Å². The van der Waals surface area contributed by atoms with Crippen LogP contribution in [0.3, 0.4) is 0 Å². The first-order valence-electron chi connectivity index (χ1n) is 37.2. The number of aliphatic hydroxyl groups excluding tert-OH is 6. The van der Waals surface area contributed by atoms with Gasteiger partial charge in [-0.25, -0.2) is 0 Å². The van der Waals surface area contributed by atoms with Crippen molar-refractivity contribution in [2.45, 2.75) is 208 Å². The molecule has 0 saturated carbocycles. The molecule has 0 saturated heterocycles. The van der Waals surface area contributed by atoms with Crippen molar-refractivity contribution in [3.05, 3.63) is 65.7 Å². The zero-order valence-corrected chi connectivity index (χ0v) is 67.5. The summed E-state index contributed by atoms with van der Waals surface area (Å²) in [5.41, 5.74) is 17.6. The van der Waals surface area contributed by atoms with Gasteiger partial charge in [-0.05, 0) is 119 Å². The summed E-state index contributed by atoms with van der Waals surface area (Å²) < 4.78 is 0. The number of carbonyl (C=O) groups is 17. The molecule has 0 unspecified atom stereocenters. The molecular formula is C72H113N17O26S2. The van der Waals surface area contributed by atoms with Gasteiger partial charge in [0.15, 0.2) is 0 Å². The molecule has 17 atom stereocenters. The van der Waals surface area contributed by atoms with E-state index in [1.807, 2.05) is 5.32 Å². The number of aromatic hydroxyl groups is 1. The second kappa shape index (κ2) is 53.8. The molecule has 43 nitrogen and oxygen atoms in total. The quantitative estimate of drug-likeness (QED) is 0.0274. The molecule has 0 aliphatic carbocycles. The zero-order chi connectivity index (χ0) is 88.3. The highest BCUT2D eigenvalue weighted by atomic mass is 32.2. The number of rotatable bonds is 56. The fourth-order valence-electron chi connectivity index (χ4n) is 10.9. The summed E-state index contributed by atoms with van der Waals surface area (Å²) in [5.74, 6) is -20.6. The van der Waals surface area contributed by atoms with E-state index in [1.54, 1.807) is 44.6 Å². The average molecular weight is 1700 g/mol. The topological polar surface area (TPSA) is 719 Å². The monoisotopic (exact) mass is 1700 g/mol. The number of unbranched alkanes of at least 4 members (excludes halogenated alkanes) is 1. The molecule has 0 radical (unpaired) electrons. The lowest BCUT2D eigenvalue weighted by molar-refractivity contribution is -0.142. The number of hydrogen-bond acceptors (Lipinski definition) is 28. The molecule has 0 fully saturated rings. The van der Waals surface area contributed by atoms with Crippen LogP contribution in [0, 0.1) is 5.92 Å². The Hall–Kier alpha value is -10.4. The van der Waals surface area contributed by atoms with Gasteiger partial charge in [-0.2, -0.15) is 23.5 Å². The Labute approximate surface area is 682 Å². The van der Waals surface area contributed by atoms with Crippen LogP contribution in [0.5, 0.6) is 5.75 Å². The van der Waals surface area contributed by atoms with Gasteiger partial charge in [-0.3, -0.25) is 81.5 Å². The van der Waals surface area contributed by atoms with E-state index in [2.05, 4.69) is 69.1 Å². The van der Waals surface area contributed by atoms with Crippen LogP contribution in [-0.4, -0.2) is 306 Å². The number of aliphatic hydroxyl groups is 6. The number of carboxylic acids is 2. The number of amides is 15. The maximum atomic E-state index is 14.7. The van der Waals surface area contributed by atoms with E-state index in [0.717, 1.165) is 6.92 Å². The predicted molar refractivity (Wildman–Crippen MR) is 421 cm³/mol. The van der Waals surface area contributed by atoms with Gasteiger partial charge in [0, 0.05) is 19.3 Å². The fraction of sp³-hybridized carbons (Fsp3) is 0.597. The molecule has 0 aromatic heterocycles. The van der Waals surface area contributed by atoms with E-state index in [-0.39, 0.29) is 54.4 Å². The summed E-state index contributed by atoms with van der Waals surface area (Å²) in [6.07, 6.45) is -2.37. The van der Waals surface area contributed by atoms with Gasteiger partial charge >= 0.3 is 11.9 Å². The number of phenols is 1. The van der Waals surface area contributed by atoms with Gasteiger partial charge in [0.25, 0.3) is 0 Å². The number of nitrogens with one attached hydrogen (secondary N) is 14. The highest BCUT2D eigenvalue weighted by Crippen LogP contribution is 2.16. The standard InChI is InChI=1S/C72H113N17O26S2/c1-35(2)27-46(62(104)76-36(3)72(114)115)80-60(102)44(22-25-116-6)77-65(107)49(30-54(75)97)83-67(109)50(31-90)85-64(106)48(29-40-16-18-41(96)19-17-40)81-63(105)47(28-39-13-9-8-10-14-39)82-66(108)51(32-91)86-69(111)53(34-93)87-68(110)52(33-92)84-59(101)43(20-21-55(98)99)78-71(113)57(38(5)95)89-61(103)45(23-26-117-7)79-70(112)56(37(4)94)88-58(100)42(74)15-11-12-24-73/h8-10,13-14,16-19,35-38,42-53,56-57,90-96H,11-12,15,20-34,73-74H2,1-7H3,(H2,75,97)(H,76,104)(H,77,107)(H,78,113)(H,79,112)(H,80,102)(H,81,105)(H,82,108)(H,83,109)(H,84,101)(H,85,106)(H,86,111)(H,87,110)(H,88,100)(H,89,103)(H,98,99)(H,114,115)/t36-,37+,38+,42-,43-,44-,45-,46-,47-,48-,49-,50-,51-,52-,53-,56-,57-/m0/s1. The number of phenolic OH excluding ortho intramolecular Hbond substituents is 1. The van der Waals surface area contributed by atoms with Gasteiger partial charge in [0.1, 0.15) is 90.3 Å². The van der Waals surface area contributed by atoms with Crippen molar-refractivity contribution in [3.63, 3.8) is 0 Å². The average Bonchev–Trinajstić information content (AvgIpc) is 0.855. The zero-order valence-electron chi connectivity index (χ0n) is 65.8. The minimum atomic E-state index is -2.10. The van der Waals surface area contributed by atoms with E-state index in [9.17, 15) is 127 Å². The third kappa shape index (κ3) is 37.6.